The molecule has 1 unspecified atom stereocenters. The number of carbonyl (C=O) groups is 2. The van der Waals surface area contributed by atoms with Crippen LogP contribution in [0.15, 0.2) is 0 Å². The number of hydrogen-bond acceptors (Lipinski definition) is 3. The fourth-order valence-corrected chi connectivity index (χ4v) is 2.46. The molecule has 0 aromatic heterocycles. The predicted octanol–water partition coefficient (Wildman–Crippen LogP) is 0.522. The second kappa shape index (κ2) is 7.70. The minimum absolute atomic E-state index is 0. The third-order valence-corrected chi connectivity index (χ3v) is 3.75. The number of likely N-dealkylation sites (tertiary alicyclic amines) is 1. The van der Waals surface area contributed by atoms with Gasteiger partial charge < -0.3 is 16.0 Å². The fraction of sp³-hybridized carbons (Fsp3) is 0.846. The Kier molecular flexibility index (Phi) is 6.58. The second-order valence-corrected chi connectivity index (χ2v) is 5.41. The summed E-state index contributed by atoms with van der Waals surface area (Å²) in [6.07, 6.45) is 4.87. The van der Waals surface area contributed by atoms with Crippen LogP contribution in [-0.4, -0.2) is 42.9 Å². The average molecular weight is 290 g/mol. The van der Waals surface area contributed by atoms with E-state index in [1.54, 1.807) is 0 Å². The summed E-state index contributed by atoms with van der Waals surface area (Å²) in [7, 11) is 0. The van der Waals surface area contributed by atoms with Crippen molar-refractivity contribution < 1.29 is 9.59 Å². The molecule has 2 amide bonds. The van der Waals surface area contributed by atoms with Gasteiger partial charge in [-0.1, -0.05) is 0 Å². The van der Waals surface area contributed by atoms with E-state index in [2.05, 4.69) is 5.32 Å². The molecule has 110 valence electrons. The summed E-state index contributed by atoms with van der Waals surface area (Å²) in [4.78, 5) is 25.7. The number of nitrogens with one attached hydrogen (secondary N) is 1. The lowest BCUT2D eigenvalue weighted by Crippen LogP contribution is -2.46. The van der Waals surface area contributed by atoms with Crippen LogP contribution in [0.25, 0.3) is 0 Å². The quantitative estimate of drug-likeness (QED) is 0.775. The van der Waals surface area contributed by atoms with E-state index in [4.69, 9.17) is 5.73 Å². The Bertz CT molecular complexity index is 321. The predicted molar refractivity (Wildman–Crippen MR) is 76.0 cm³/mol. The van der Waals surface area contributed by atoms with Gasteiger partial charge in [0, 0.05) is 32.6 Å². The summed E-state index contributed by atoms with van der Waals surface area (Å²) < 4.78 is 0. The zero-order valence-electron chi connectivity index (χ0n) is 11.3. The molecule has 0 spiro atoms. The molecule has 6 heteroatoms. The fourth-order valence-electron chi connectivity index (χ4n) is 2.46. The van der Waals surface area contributed by atoms with Crippen molar-refractivity contribution in [3.63, 3.8) is 0 Å². The molecule has 1 aliphatic heterocycles. The van der Waals surface area contributed by atoms with Crippen LogP contribution < -0.4 is 11.1 Å². The van der Waals surface area contributed by atoms with E-state index in [0.717, 1.165) is 19.4 Å². The van der Waals surface area contributed by atoms with Crippen LogP contribution in [0.2, 0.25) is 0 Å². The first-order valence-electron chi connectivity index (χ1n) is 6.96. The van der Waals surface area contributed by atoms with Crippen molar-refractivity contribution in [2.24, 2.45) is 17.6 Å². The molecule has 1 atom stereocenters. The highest BCUT2D eigenvalue weighted by Crippen LogP contribution is 2.33. The first-order valence-corrected chi connectivity index (χ1v) is 6.96. The number of hydrogen-bond donors (Lipinski definition) is 2. The van der Waals surface area contributed by atoms with Crippen molar-refractivity contribution in [2.75, 3.05) is 26.2 Å². The van der Waals surface area contributed by atoms with Gasteiger partial charge in [-0.05, 0) is 31.6 Å². The summed E-state index contributed by atoms with van der Waals surface area (Å²) in [6, 6.07) is 0. The highest BCUT2D eigenvalue weighted by atomic mass is 35.5. The molecule has 2 aliphatic rings. The molecule has 0 aromatic carbocycles. The van der Waals surface area contributed by atoms with E-state index in [-0.39, 0.29) is 30.1 Å². The highest BCUT2D eigenvalue weighted by Gasteiger charge is 2.31. The zero-order valence-corrected chi connectivity index (χ0v) is 12.1. The molecule has 5 nitrogen and oxygen atoms in total. The Labute approximate surface area is 120 Å². The number of amides is 2. The van der Waals surface area contributed by atoms with E-state index in [9.17, 15) is 9.59 Å². The van der Waals surface area contributed by atoms with Crippen molar-refractivity contribution in [1.29, 1.82) is 0 Å². The summed E-state index contributed by atoms with van der Waals surface area (Å²) in [6.45, 7) is 2.38. The molecular weight excluding hydrogens is 266 g/mol. The Morgan fingerprint density at radius 2 is 2.00 bits per heavy atom. The Morgan fingerprint density at radius 3 is 2.63 bits per heavy atom. The van der Waals surface area contributed by atoms with Gasteiger partial charge in [0.15, 0.2) is 0 Å². The molecular formula is C13H24ClN3O2. The standard InChI is InChI=1S/C13H23N3O2.ClH/c14-5-6-15-13(18)11-2-1-7-16(9-11)12(17)8-10-3-4-10;/h10-11H,1-9,14H2,(H,15,18);1H. The number of nitrogens with zero attached hydrogens (tertiary/aromatic N) is 1. The summed E-state index contributed by atoms with van der Waals surface area (Å²) >= 11 is 0. The lowest BCUT2D eigenvalue weighted by molar-refractivity contribution is -0.136. The molecule has 0 radical (unpaired) electrons. The van der Waals surface area contributed by atoms with Crippen LogP contribution in [0.3, 0.4) is 0 Å². The van der Waals surface area contributed by atoms with Gasteiger partial charge in [-0.15, -0.1) is 12.4 Å². The third-order valence-electron chi connectivity index (χ3n) is 3.75. The Morgan fingerprint density at radius 1 is 1.26 bits per heavy atom. The molecule has 3 N–H and O–H groups in total. The first-order chi connectivity index (χ1) is 8.70. The van der Waals surface area contributed by atoms with Crippen molar-refractivity contribution >= 4 is 24.2 Å². The van der Waals surface area contributed by atoms with E-state index < -0.39 is 0 Å². The summed E-state index contributed by atoms with van der Waals surface area (Å²) in [5, 5.41) is 2.81. The minimum Gasteiger partial charge on any atom is -0.355 e. The van der Waals surface area contributed by atoms with Gasteiger partial charge in [0.25, 0.3) is 0 Å². The maximum Gasteiger partial charge on any atom is 0.224 e. The van der Waals surface area contributed by atoms with Crippen molar-refractivity contribution in [1.82, 2.24) is 10.2 Å². The molecule has 1 aliphatic carbocycles. The van der Waals surface area contributed by atoms with E-state index in [1.165, 1.54) is 12.8 Å². The van der Waals surface area contributed by atoms with E-state index in [0.29, 0.717) is 32.0 Å². The van der Waals surface area contributed by atoms with E-state index in [1.807, 2.05) is 4.90 Å². The van der Waals surface area contributed by atoms with Gasteiger partial charge in [-0.25, -0.2) is 0 Å². The van der Waals surface area contributed by atoms with Gasteiger partial charge >= 0.3 is 0 Å². The molecule has 0 aromatic rings. The number of carbonyl (C=O) groups excluding carboxylic acids is 2. The maximum absolute atomic E-state index is 12.0. The minimum atomic E-state index is -0.0477. The molecule has 19 heavy (non-hydrogen) atoms. The molecule has 0 bridgehead atoms. The number of halogens is 1. The summed E-state index contributed by atoms with van der Waals surface area (Å²) in [5.74, 6) is 0.843. The topological polar surface area (TPSA) is 75.4 Å². The molecule has 2 rings (SSSR count). The smallest absolute Gasteiger partial charge is 0.224 e. The number of rotatable bonds is 5. The van der Waals surface area contributed by atoms with E-state index >= 15 is 0 Å². The maximum atomic E-state index is 12.0. The average Bonchev–Trinajstić information content (AvgIpc) is 3.20. The van der Waals surface area contributed by atoms with Gasteiger partial charge in [0.05, 0.1) is 5.92 Å². The van der Waals surface area contributed by atoms with Crippen LogP contribution in [0, 0.1) is 11.8 Å². The third kappa shape index (κ3) is 4.99. The number of nitrogens with two attached hydrogens (primary N) is 1. The van der Waals surface area contributed by atoms with Gasteiger partial charge in [-0.3, -0.25) is 9.59 Å². The van der Waals surface area contributed by atoms with Crippen LogP contribution in [0.4, 0.5) is 0 Å². The Hall–Kier alpha value is -0.810. The van der Waals surface area contributed by atoms with Crippen molar-refractivity contribution in [3.05, 3.63) is 0 Å². The monoisotopic (exact) mass is 289 g/mol. The largest absolute Gasteiger partial charge is 0.355 e. The molecule has 1 saturated carbocycles. The first kappa shape index (κ1) is 16.2. The van der Waals surface area contributed by atoms with Crippen molar-refractivity contribution in [2.45, 2.75) is 32.1 Å². The molecule has 2 fully saturated rings. The van der Waals surface area contributed by atoms with Crippen LogP contribution in [0.5, 0.6) is 0 Å². The normalized spacial score (nSPS) is 22.6. The lowest BCUT2D eigenvalue weighted by atomic mass is 9.96. The van der Waals surface area contributed by atoms with Gasteiger partial charge in [-0.2, -0.15) is 0 Å². The SMILES string of the molecule is Cl.NCCNC(=O)C1CCCN(C(=O)CC2CC2)C1. The van der Waals surface area contributed by atoms with Gasteiger partial charge in [0.2, 0.25) is 11.8 Å². The van der Waals surface area contributed by atoms with Gasteiger partial charge in [0.1, 0.15) is 0 Å². The number of piperidine rings is 1. The van der Waals surface area contributed by atoms with Crippen LogP contribution in [0.1, 0.15) is 32.1 Å². The lowest BCUT2D eigenvalue weighted by Gasteiger charge is -2.32. The summed E-state index contributed by atoms with van der Waals surface area (Å²) in [5.41, 5.74) is 5.36. The second-order valence-electron chi connectivity index (χ2n) is 5.41. The zero-order chi connectivity index (χ0) is 13.0. The van der Waals surface area contributed by atoms with Crippen LogP contribution in [-0.2, 0) is 9.59 Å². The van der Waals surface area contributed by atoms with Crippen molar-refractivity contribution in [3.8, 4) is 0 Å². The molecule has 1 saturated heterocycles. The van der Waals surface area contributed by atoms with Crippen LogP contribution >= 0.6 is 12.4 Å². The highest BCUT2D eigenvalue weighted by molar-refractivity contribution is 5.85. The Balaban J connectivity index is 0.00000180. The molecule has 1 heterocycles.